The Morgan fingerprint density at radius 1 is 1.21 bits per heavy atom. The molecule has 0 saturated carbocycles. The summed E-state index contributed by atoms with van der Waals surface area (Å²) in [5.41, 5.74) is 3.63. The molecule has 0 aliphatic carbocycles. The van der Waals surface area contributed by atoms with E-state index in [0.29, 0.717) is 17.1 Å². The molecule has 0 unspecified atom stereocenters. The number of nitrogens with one attached hydrogen (secondary N) is 1. The Bertz CT molecular complexity index is 829. The van der Waals surface area contributed by atoms with Crippen LogP contribution in [-0.2, 0) is 7.05 Å². The predicted molar refractivity (Wildman–Crippen MR) is 99.6 cm³/mol. The summed E-state index contributed by atoms with van der Waals surface area (Å²) in [7, 11) is 1.86. The number of imidazole rings is 1. The summed E-state index contributed by atoms with van der Waals surface area (Å²) in [6.45, 7) is 11.4. The van der Waals surface area contributed by atoms with Gasteiger partial charge in [0.1, 0.15) is 11.4 Å². The zero-order valence-electron chi connectivity index (χ0n) is 15.6. The Kier molecular flexibility index (Phi) is 6.77. The molecule has 5 heteroatoms. The molecule has 2 aromatic heterocycles. The molecule has 0 bridgehead atoms. The molecule has 0 atom stereocenters. The Morgan fingerprint density at radius 3 is 2.33 bits per heavy atom. The van der Waals surface area contributed by atoms with Crippen LogP contribution < -0.4 is 0 Å². The number of ketones is 1. The Hall–Kier alpha value is -2.56. The lowest BCUT2D eigenvalue weighted by atomic mass is 10.1. The molecule has 3 aromatic rings. The van der Waals surface area contributed by atoms with Gasteiger partial charge < -0.3 is 14.7 Å². The topological polar surface area (TPSA) is 70.9 Å². The summed E-state index contributed by atoms with van der Waals surface area (Å²) >= 11 is 0. The molecule has 0 saturated heterocycles. The van der Waals surface area contributed by atoms with Gasteiger partial charge in [-0.1, -0.05) is 27.7 Å². The van der Waals surface area contributed by atoms with Crippen molar-refractivity contribution < 1.29 is 9.90 Å². The van der Waals surface area contributed by atoms with Gasteiger partial charge in [-0.15, -0.1) is 0 Å². The number of nitrogens with zero attached hydrogens (tertiary/aromatic N) is 2. The standard InChI is InChI=1S/C15H15N3O2.2C2H6/c1-8-7-18(3)13(14(8)20)15-16-11-5-4-10(9(2)19)6-12(11)17-15;2*1-2/h4-7,20H,1-3H3,(H,16,17);2*1-2H3. The molecule has 3 rings (SSSR count). The van der Waals surface area contributed by atoms with E-state index >= 15 is 0 Å². The first-order valence-electron chi connectivity index (χ1n) is 8.33. The third kappa shape index (κ3) is 3.67. The number of hydrogen-bond donors (Lipinski definition) is 2. The number of aromatic hydroxyl groups is 1. The number of aryl methyl sites for hydroxylation is 2. The minimum absolute atomic E-state index is 0.0145. The van der Waals surface area contributed by atoms with Crippen molar-refractivity contribution in [2.45, 2.75) is 41.5 Å². The maximum Gasteiger partial charge on any atom is 0.159 e. The van der Waals surface area contributed by atoms with E-state index in [0.717, 1.165) is 16.6 Å². The SMILES string of the molecule is CC.CC.CC(=O)c1ccc2nc(-c3c(O)c(C)cn3C)[nH]c2c1. The molecule has 0 amide bonds. The van der Waals surface area contributed by atoms with Gasteiger partial charge in [0.2, 0.25) is 0 Å². The minimum atomic E-state index is 0.0145. The van der Waals surface area contributed by atoms with Crippen molar-refractivity contribution in [3.63, 3.8) is 0 Å². The van der Waals surface area contributed by atoms with E-state index in [-0.39, 0.29) is 11.5 Å². The van der Waals surface area contributed by atoms with E-state index in [2.05, 4.69) is 9.97 Å². The van der Waals surface area contributed by atoms with Gasteiger partial charge in [-0.2, -0.15) is 0 Å². The highest BCUT2D eigenvalue weighted by atomic mass is 16.3. The summed E-state index contributed by atoms with van der Waals surface area (Å²) in [5, 5.41) is 10.1. The largest absolute Gasteiger partial charge is 0.505 e. The van der Waals surface area contributed by atoms with Gasteiger partial charge in [-0.25, -0.2) is 4.98 Å². The van der Waals surface area contributed by atoms with Crippen LogP contribution in [0.5, 0.6) is 5.75 Å². The number of Topliss-reactive ketones (excluding diaryl/α,β-unsaturated/α-hetero) is 1. The number of H-pyrrole nitrogens is 1. The molecule has 24 heavy (non-hydrogen) atoms. The second-order valence-electron chi connectivity index (χ2n) is 4.99. The molecular weight excluding hydrogens is 302 g/mol. The molecule has 0 radical (unpaired) electrons. The summed E-state index contributed by atoms with van der Waals surface area (Å²) in [6, 6.07) is 5.34. The number of hydrogen-bond acceptors (Lipinski definition) is 3. The minimum Gasteiger partial charge on any atom is -0.505 e. The van der Waals surface area contributed by atoms with E-state index < -0.39 is 0 Å². The van der Waals surface area contributed by atoms with Gasteiger partial charge in [0.15, 0.2) is 11.6 Å². The molecule has 130 valence electrons. The molecular formula is C19H27N3O2. The third-order valence-electron chi connectivity index (χ3n) is 3.45. The molecule has 2 N–H and O–H groups in total. The van der Waals surface area contributed by atoms with Crippen molar-refractivity contribution in [1.82, 2.24) is 14.5 Å². The van der Waals surface area contributed by atoms with Gasteiger partial charge in [0.25, 0.3) is 0 Å². The third-order valence-corrected chi connectivity index (χ3v) is 3.45. The van der Waals surface area contributed by atoms with Crippen molar-refractivity contribution in [2.75, 3.05) is 0 Å². The molecule has 2 heterocycles. The molecule has 1 aromatic carbocycles. The van der Waals surface area contributed by atoms with E-state index in [1.165, 1.54) is 6.92 Å². The first-order chi connectivity index (χ1) is 11.5. The highest BCUT2D eigenvalue weighted by molar-refractivity contribution is 5.97. The molecule has 0 aliphatic rings. The first kappa shape index (κ1) is 19.5. The molecule has 0 fully saturated rings. The fourth-order valence-corrected chi connectivity index (χ4v) is 2.39. The number of benzene rings is 1. The average molecular weight is 329 g/mol. The Labute approximate surface area is 143 Å². The van der Waals surface area contributed by atoms with Gasteiger partial charge in [-0.05, 0) is 32.0 Å². The van der Waals surface area contributed by atoms with E-state index in [1.807, 2.05) is 52.4 Å². The Morgan fingerprint density at radius 2 is 1.83 bits per heavy atom. The van der Waals surface area contributed by atoms with Crippen LogP contribution in [0.25, 0.3) is 22.6 Å². The number of carbonyl (C=O) groups is 1. The van der Waals surface area contributed by atoms with E-state index in [4.69, 9.17) is 0 Å². The average Bonchev–Trinajstić information content (AvgIpc) is 3.10. The second-order valence-corrected chi connectivity index (χ2v) is 4.99. The van der Waals surface area contributed by atoms with Crippen LogP contribution in [-0.4, -0.2) is 25.4 Å². The fourth-order valence-electron chi connectivity index (χ4n) is 2.39. The highest BCUT2D eigenvalue weighted by Crippen LogP contribution is 2.32. The van der Waals surface area contributed by atoms with E-state index in [9.17, 15) is 9.90 Å². The number of rotatable bonds is 2. The van der Waals surface area contributed by atoms with Crippen molar-refractivity contribution in [3.8, 4) is 17.3 Å². The summed E-state index contributed by atoms with van der Waals surface area (Å²) in [5.74, 6) is 0.827. The molecule has 0 spiro atoms. The lowest BCUT2D eigenvalue weighted by molar-refractivity contribution is 0.101. The lowest BCUT2D eigenvalue weighted by Crippen LogP contribution is -1.91. The maximum atomic E-state index is 11.4. The fraction of sp³-hybridized carbons (Fsp3) is 0.368. The van der Waals surface area contributed by atoms with Crippen LogP contribution in [0.4, 0.5) is 0 Å². The molecule has 5 nitrogen and oxygen atoms in total. The summed E-state index contributed by atoms with van der Waals surface area (Å²) in [4.78, 5) is 19.0. The van der Waals surface area contributed by atoms with Crippen LogP contribution in [0.1, 0.15) is 50.5 Å². The Balaban J connectivity index is 0.000000671. The summed E-state index contributed by atoms with van der Waals surface area (Å²) < 4.78 is 1.83. The smallest absolute Gasteiger partial charge is 0.159 e. The van der Waals surface area contributed by atoms with Crippen LogP contribution in [0.3, 0.4) is 0 Å². The zero-order valence-corrected chi connectivity index (χ0v) is 15.6. The monoisotopic (exact) mass is 329 g/mol. The van der Waals surface area contributed by atoms with E-state index in [1.54, 1.807) is 18.2 Å². The van der Waals surface area contributed by atoms with Crippen LogP contribution in [0, 0.1) is 6.92 Å². The van der Waals surface area contributed by atoms with Crippen molar-refractivity contribution >= 4 is 16.8 Å². The number of aromatic nitrogens is 3. The van der Waals surface area contributed by atoms with Gasteiger partial charge >= 0.3 is 0 Å². The first-order valence-corrected chi connectivity index (χ1v) is 8.33. The van der Waals surface area contributed by atoms with Crippen molar-refractivity contribution in [2.24, 2.45) is 7.05 Å². The lowest BCUT2D eigenvalue weighted by Gasteiger charge is -1.99. The second kappa shape index (κ2) is 8.34. The van der Waals surface area contributed by atoms with Crippen molar-refractivity contribution in [1.29, 1.82) is 0 Å². The van der Waals surface area contributed by atoms with Crippen LogP contribution in [0.2, 0.25) is 0 Å². The van der Waals surface area contributed by atoms with Gasteiger partial charge in [0.05, 0.1) is 11.0 Å². The quantitative estimate of drug-likeness (QED) is 0.661. The van der Waals surface area contributed by atoms with Crippen LogP contribution in [0.15, 0.2) is 24.4 Å². The number of fused-ring (bicyclic) bond motifs is 1. The summed E-state index contributed by atoms with van der Waals surface area (Å²) in [6.07, 6.45) is 1.85. The van der Waals surface area contributed by atoms with Gasteiger partial charge in [-0.3, -0.25) is 4.79 Å². The van der Waals surface area contributed by atoms with Gasteiger partial charge in [0, 0.05) is 24.4 Å². The number of carbonyl (C=O) groups excluding carboxylic acids is 1. The normalized spacial score (nSPS) is 9.79. The number of aromatic amines is 1. The van der Waals surface area contributed by atoms with Crippen LogP contribution >= 0.6 is 0 Å². The maximum absolute atomic E-state index is 11.4. The highest BCUT2D eigenvalue weighted by Gasteiger charge is 2.16. The predicted octanol–water partition coefficient (Wildman–Crippen LogP) is 4.84. The zero-order chi connectivity index (χ0) is 18.4. The van der Waals surface area contributed by atoms with Crippen molar-refractivity contribution in [3.05, 3.63) is 35.5 Å². The molecule has 0 aliphatic heterocycles.